The number of carboxylic acids is 1. The van der Waals surface area contributed by atoms with Crippen LogP contribution >= 0.6 is 0 Å². The van der Waals surface area contributed by atoms with Gasteiger partial charge in [-0.1, -0.05) is 25.7 Å². The molecule has 0 aliphatic heterocycles. The quantitative estimate of drug-likeness (QED) is 0.747. The predicted molar refractivity (Wildman–Crippen MR) is 63.9 cm³/mol. The molecular formula is C13H19NO3. The Labute approximate surface area is 101 Å². The average Bonchev–Trinajstić information content (AvgIpc) is 2.95. The molecule has 1 aliphatic carbocycles. The van der Waals surface area contributed by atoms with E-state index in [1.165, 1.54) is 44.4 Å². The molecule has 17 heavy (non-hydrogen) atoms. The van der Waals surface area contributed by atoms with Gasteiger partial charge in [-0.15, -0.1) is 0 Å². The SMILES string of the molecule is O=C(O)c1ccoc1CNCCC1CCCC1. The first-order valence-electron chi connectivity index (χ1n) is 6.27. The van der Waals surface area contributed by atoms with Gasteiger partial charge < -0.3 is 14.8 Å². The van der Waals surface area contributed by atoms with Crippen molar-refractivity contribution >= 4 is 5.97 Å². The number of hydrogen-bond donors (Lipinski definition) is 2. The minimum absolute atomic E-state index is 0.262. The topological polar surface area (TPSA) is 62.5 Å². The molecule has 2 rings (SSSR count). The minimum Gasteiger partial charge on any atom is -0.478 e. The zero-order valence-corrected chi connectivity index (χ0v) is 9.95. The molecule has 1 saturated carbocycles. The molecule has 94 valence electrons. The van der Waals surface area contributed by atoms with Crippen LogP contribution in [0.2, 0.25) is 0 Å². The molecule has 0 unspecified atom stereocenters. The van der Waals surface area contributed by atoms with Crippen LogP contribution in [0.3, 0.4) is 0 Å². The van der Waals surface area contributed by atoms with Crippen LogP contribution in [0.25, 0.3) is 0 Å². The van der Waals surface area contributed by atoms with E-state index in [4.69, 9.17) is 9.52 Å². The van der Waals surface area contributed by atoms with Crippen LogP contribution in [-0.2, 0) is 6.54 Å². The van der Waals surface area contributed by atoms with Gasteiger partial charge in [0.05, 0.1) is 12.8 Å². The zero-order chi connectivity index (χ0) is 12.1. The Kier molecular flexibility index (Phi) is 4.20. The molecule has 1 aromatic heterocycles. The predicted octanol–water partition coefficient (Wildman–Crippen LogP) is 2.65. The second-order valence-electron chi connectivity index (χ2n) is 4.68. The monoisotopic (exact) mass is 237 g/mol. The van der Waals surface area contributed by atoms with Gasteiger partial charge in [-0.3, -0.25) is 0 Å². The van der Waals surface area contributed by atoms with Crippen LogP contribution < -0.4 is 5.32 Å². The first kappa shape index (κ1) is 12.2. The highest BCUT2D eigenvalue weighted by Gasteiger charge is 2.15. The number of carboxylic acid groups (broad SMARTS) is 1. The summed E-state index contributed by atoms with van der Waals surface area (Å²) in [4.78, 5) is 10.8. The van der Waals surface area contributed by atoms with Gasteiger partial charge in [-0.2, -0.15) is 0 Å². The fraction of sp³-hybridized carbons (Fsp3) is 0.615. The maximum Gasteiger partial charge on any atom is 0.339 e. The third kappa shape index (κ3) is 3.33. The normalized spacial score (nSPS) is 16.5. The molecule has 2 N–H and O–H groups in total. The third-order valence-electron chi connectivity index (χ3n) is 3.47. The molecule has 1 heterocycles. The maximum absolute atomic E-state index is 10.8. The summed E-state index contributed by atoms with van der Waals surface area (Å²) < 4.78 is 5.15. The van der Waals surface area contributed by atoms with Gasteiger partial charge in [0.25, 0.3) is 0 Å². The zero-order valence-electron chi connectivity index (χ0n) is 9.95. The Morgan fingerprint density at radius 3 is 2.94 bits per heavy atom. The molecule has 0 atom stereocenters. The average molecular weight is 237 g/mol. The summed E-state index contributed by atoms with van der Waals surface area (Å²) in [5.41, 5.74) is 0.262. The standard InChI is InChI=1S/C13H19NO3/c15-13(16)11-6-8-17-12(11)9-14-7-5-10-3-1-2-4-10/h6,8,10,14H,1-5,7,9H2,(H,15,16). The summed E-state index contributed by atoms with van der Waals surface area (Å²) in [6.45, 7) is 1.44. The third-order valence-corrected chi connectivity index (χ3v) is 3.47. The van der Waals surface area contributed by atoms with Crippen molar-refractivity contribution in [2.75, 3.05) is 6.54 Å². The second kappa shape index (κ2) is 5.87. The van der Waals surface area contributed by atoms with Gasteiger partial charge >= 0.3 is 5.97 Å². The number of rotatable bonds is 6. The van der Waals surface area contributed by atoms with Gasteiger partial charge in [-0.05, 0) is 24.9 Å². The lowest BCUT2D eigenvalue weighted by Gasteiger charge is -2.09. The van der Waals surface area contributed by atoms with Gasteiger partial charge in [-0.25, -0.2) is 4.79 Å². The second-order valence-corrected chi connectivity index (χ2v) is 4.68. The lowest BCUT2D eigenvalue weighted by Crippen LogP contribution is -2.18. The summed E-state index contributed by atoms with van der Waals surface area (Å²) >= 11 is 0. The lowest BCUT2D eigenvalue weighted by atomic mass is 10.0. The van der Waals surface area contributed by atoms with Crippen molar-refractivity contribution in [1.82, 2.24) is 5.32 Å². The molecule has 0 aromatic carbocycles. The number of carbonyl (C=O) groups is 1. The molecule has 0 bridgehead atoms. The summed E-state index contributed by atoms with van der Waals surface area (Å²) in [5.74, 6) is 0.452. The first-order valence-corrected chi connectivity index (χ1v) is 6.27. The van der Waals surface area contributed by atoms with E-state index in [9.17, 15) is 4.79 Å². The van der Waals surface area contributed by atoms with Crippen molar-refractivity contribution in [2.45, 2.75) is 38.6 Å². The molecule has 4 nitrogen and oxygen atoms in total. The van der Waals surface area contributed by atoms with Gasteiger partial charge in [0.15, 0.2) is 0 Å². The first-order chi connectivity index (χ1) is 8.27. The highest BCUT2D eigenvalue weighted by molar-refractivity contribution is 5.88. The maximum atomic E-state index is 10.8. The van der Waals surface area contributed by atoms with Crippen LogP contribution in [-0.4, -0.2) is 17.6 Å². The van der Waals surface area contributed by atoms with E-state index < -0.39 is 5.97 Å². The molecule has 1 fully saturated rings. The molecule has 0 saturated heterocycles. The summed E-state index contributed by atoms with van der Waals surface area (Å²) in [6, 6.07) is 1.50. The lowest BCUT2D eigenvalue weighted by molar-refractivity contribution is 0.0694. The number of furan rings is 1. The van der Waals surface area contributed by atoms with E-state index in [2.05, 4.69) is 5.32 Å². The Morgan fingerprint density at radius 1 is 1.47 bits per heavy atom. The van der Waals surface area contributed by atoms with Crippen LogP contribution in [0.1, 0.15) is 48.2 Å². The molecule has 1 aliphatic rings. The number of hydrogen-bond acceptors (Lipinski definition) is 3. The largest absolute Gasteiger partial charge is 0.478 e. The summed E-state index contributed by atoms with van der Waals surface area (Å²) in [7, 11) is 0. The fourth-order valence-electron chi connectivity index (χ4n) is 2.48. The summed E-state index contributed by atoms with van der Waals surface area (Å²) in [6.07, 6.45) is 8.05. The van der Waals surface area contributed by atoms with Crippen molar-refractivity contribution in [1.29, 1.82) is 0 Å². The number of aromatic carboxylic acids is 1. The Bertz CT molecular complexity index is 366. The van der Waals surface area contributed by atoms with Gasteiger partial charge in [0.1, 0.15) is 11.3 Å². The molecule has 4 heteroatoms. The van der Waals surface area contributed by atoms with E-state index in [-0.39, 0.29) is 5.56 Å². The molecule has 1 aromatic rings. The van der Waals surface area contributed by atoms with Crippen molar-refractivity contribution in [3.63, 3.8) is 0 Å². The summed E-state index contributed by atoms with van der Waals surface area (Å²) in [5, 5.41) is 12.1. The molecule has 0 radical (unpaired) electrons. The van der Waals surface area contributed by atoms with E-state index in [0.29, 0.717) is 12.3 Å². The Morgan fingerprint density at radius 2 is 2.24 bits per heavy atom. The van der Waals surface area contributed by atoms with Crippen molar-refractivity contribution in [2.24, 2.45) is 5.92 Å². The van der Waals surface area contributed by atoms with Crippen LogP contribution in [0.4, 0.5) is 0 Å². The Hall–Kier alpha value is -1.29. The highest BCUT2D eigenvalue weighted by atomic mass is 16.4. The minimum atomic E-state index is -0.925. The van der Waals surface area contributed by atoms with E-state index in [1.807, 2.05) is 0 Å². The van der Waals surface area contributed by atoms with E-state index in [0.717, 1.165) is 12.5 Å². The molecule has 0 spiro atoms. The van der Waals surface area contributed by atoms with Gasteiger partial charge in [0, 0.05) is 0 Å². The Balaban J connectivity index is 1.70. The van der Waals surface area contributed by atoms with Crippen LogP contribution in [0, 0.1) is 5.92 Å². The smallest absolute Gasteiger partial charge is 0.339 e. The van der Waals surface area contributed by atoms with Crippen molar-refractivity contribution in [3.05, 3.63) is 23.7 Å². The number of nitrogens with one attached hydrogen (secondary N) is 1. The van der Waals surface area contributed by atoms with Crippen LogP contribution in [0.15, 0.2) is 16.7 Å². The van der Waals surface area contributed by atoms with Gasteiger partial charge in [0.2, 0.25) is 0 Å². The fourth-order valence-corrected chi connectivity index (χ4v) is 2.48. The molecule has 0 amide bonds. The highest BCUT2D eigenvalue weighted by Crippen LogP contribution is 2.26. The van der Waals surface area contributed by atoms with Crippen molar-refractivity contribution < 1.29 is 14.3 Å². The van der Waals surface area contributed by atoms with E-state index in [1.54, 1.807) is 0 Å². The van der Waals surface area contributed by atoms with E-state index >= 15 is 0 Å². The van der Waals surface area contributed by atoms with Crippen molar-refractivity contribution in [3.8, 4) is 0 Å². The molecular weight excluding hydrogens is 218 g/mol. The van der Waals surface area contributed by atoms with Crippen LogP contribution in [0.5, 0.6) is 0 Å².